The Kier molecular flexibility index (Phi) is 6.79. The van der Waals surface area contributed by atoms with E-state index in [1.54, 1.807) is 7.11 Å². The predicted octanol–water partition coefficient (Wildman–Crippen LogP) is 4.76. The number of rotatable bonds is 9. The third-order valence-corrected chi connectivity index (χ3v) is 5.04. The molecule has 0 saturated heterocycles. The van der Waals surface area contributed by atoms with Crippen molar-refractivity contribution in [2.45, 2.75) is 26.7 Å². The largest absolute Gasteiger partial charge is 0.496 e. The second kappa shape index (κ2) is 9.48. The number of methoxy groups -OCH3 is 1. The van der Waals surface area contributed by atoms with Gasteiger partial charge in [0.1, 0.15) is 5.75 Å². The highest BCUT2D eigenvalue weighted by Gasteiger charge is 2.17. The van der Waals surface area contributed by atoms with Crippen LogP contribution in [0, 0.1) is 4.77 Å². The summed E-state index contributed by atoms with van der Waals surface area (Å²) in [5.74, 6) is 1.56. The van der Waals surface area contributed by atoms with Crippen molar-refractivity contribution in [3.8, 4) is 17.1 Å². The van der Waals surface area contributed by atoms with E-state index < -0.39 is 0 Å². The summed E-state index contributed by atoms with van der Waals surface area (Å²) in [5, 5.41) is 4.84. The molecule has 6 heteroatoms. The van der Waals surface area contributed by atoms with Crippen molar-refractivity contribution in [3.05, 3.63) is 77.6 Å². The van der Waals surface area contributed by atoms with Gasteiger partial charge < -0.3 is 4.74 Å². The van der Waals surface area contributed by atoms with Gasteiger partial charge in [-0.2, -0.15) is 5.10 Å². The maximum atomic E-state index is 5.74. The molecule has 0 bridgehead atoms. The zero-order valence-electron chi connectivity index (χ0n) is 16.4. The summed E-state index contributed by atoms with van der Waals surface area (Å²) in [5.41, 5.74) is 2.19. The molecule has 0 aliphatic rings. The van der Waals surface area contributed by atoms with Gasteiger partial charge in [0.2, 0.25) is 0 Å². The van der Waals surface area contributed by atoms with Crippen molar-refractivity contribution in [1.29, 1.82) is 0 Å². The third-order valence-electron chi connectivity index (χ3n) is 4.61. The topological polar surface area (TPSA) is 35.2 Å². The molecule has 0 fully saturated rings. The first-order chi connectivity index (χ1) is 13.7. The van der Waals surface area contributed by atoms with Gasteiger partial charge in [0.15, 0.2) is 10.6 Å². The van der Waals surface area contributed by atoms with Crippen LogP contribution in [-0.4, -0.2) is 32.9 Å². The molecule has 28 heavy (non-hydrogen) atoms. The van der Waals surface area contributed by atoms with E-state index in [9.17, 15) is 0 Å². The lowest BCUT2D eigenvalue weighted by molar-refractivity contribution is 0.207. The number of hydrogen-bond donors (Lipinski definition) is 0. The SMILES string of the molecule is C=CCn1c(-c2ccccc2OC)nn(CN(CC)Cc2ccccc2)c1=S. The molecule has 0 amide bonds. The van der Waals surface area contributed by atoms with Crippen LogP contribution in [0.1, 0.15) is 12.5 Å². The molecule has 3 rings (SSSR count). The van der Waals surface area contributed by atoms with Crippen LogP contribution in [0.4, 0.5) is 0 Å². The first kappa shape index (κ1) is 20.0. The normalized spacial score (nSPS) is 11.0. The maximum Gasteiger partial charge on any atom is 0.199 e. The van der Waals surface area contributed by atoms with Gasteiger partial charge in [0, 0.05) is 13.1 Å². The molecule has 0 unspecified atom stereocenters. The lowest BCUT2D eigenvalue weighted by Crippen LogP contribution is -2.26. The first-order valence-electron chi connectivity index (χ1n) is 9.36. The lowest BCUT2D eigenvalue weighted by atomic mass is 10.2. The number of aromatic nitrogens is 3. The molecule has 0 saturated carbocycles. The van der Waals surface area contributed by atoms with Crippen LogP contribution in [0.25, 0.3) is 11.4 Å². The van der Waals surface area contributed by atoms with Crippen molar-refractivity contribution in [2.24, 2.45) is 0 Å². The number of hydrogen-bond acceptors (Lipinski definition) is 4. The van der Waals surface area contributed by atoms with Gasteiger partial charge in [-0.25, -0.2) is 4.68 Å². The molecule has 2 aromatic carbocycles. The van der Waals surface area contributed by atoms with Crippen molar-refractivity contribution < 1.29 is 4.74 Å². The Morgan fingerprint density at radius 3 is 2.54 bits per heavy atom. The van der Waals surface area contributed by atoms with Gasteiger partial charge in [0.05, 0.1) is 19.3 Å². The van der Waals surface area contributed by atoms with Gasteiger partial charge in [-0.3, -0.25) is 9.47 Å². The molecule has 146 valence electrons. The highest BCUT2D eigenvalue weighted by Crippen LogP contribution is 2.28. The van der Waals surface area contributed by atoms with Gasteiger partial charge in [-0.15, -0.1) is 6.58 Å². The Balaban J connectivity index is 1.95. The molecule has 5 nitrogen and oxygen atoms in total. The number of ether oxygens (including phenoxy) is 1. The molecule has 0 atom stereocenters. The Hall–Kier alpha value is -2.70. The van der Waals surface area contributed by atoms with E-state index in [0.717, 1.165) is 30.2 Å². The summed E-state index contributed by atoms with van der Waals surface area (Å²) in [7, 11) is 1.67. The first-order valence-corrected chi connectivity index (χ1v) is 9.77. The molecule has 0 N–H and O–H groups in total. The summed E-state index contributed by atoms with van der Waals surface area (Å²) >= 11 is 5.74. The summed E-state index contributed by atoms with van der Waals surface area (Å²) in [6, 6.07) is 18.3. The van der Waals surface area contributed by atoms with E-state index in [-0.39, 0.29) is 0 Å². The van der Waals surface area contributed by atoms with Crippen molar-refractivity contribution in [2.75, 3.05) is 13.7 Å². The fraction of sp³-hybridized carbons (Fsp3) is 0.273. The van der Waals surface area contributed by atoms with Crippen LogP contribution in [0.5, 0.6) is 5.75 Å². The zero-order valence-corrected chi connectivity index (χ0v) is 17.2. The highest BCUT2D eigenvalue weighted by molar-refractivity contribution is 7.71. The fourth-order valence-corrected chi connectivity index (χ4v) is 3.41. The number of benzene rings is 2. The van der Waals surface area contributed by atoms with Crippen molar-refractivity contribution >= 4 is 12.2 Å². The Labute approximate surface area is 171 Å². The minimum atomic E-state index is 0.594. The molecule has 1 heterocycles. The van der Waals surface area contributed by atoms with Crippen LogP contribution in [0.2, 0.25) is 0 Å². The summed E-state index contributed by atoms with van der Waals surface area (Å²) in [6.45, 7) is 8.98. The highest BCUT2D eigenvalue weighted by atomic mass is 32.1. The van der Waals surface area contributed by atoms with E-state index in [2.05, 4.69) is 42.7 Å². The predicted molar refractivity (Wildman–Crippen MR) is 116 cm³/mol. The van der Waals surface area contributed by atoms with E-state index in [0.29, 0.717) is 18.0 Å². The van der Waals surface area contributed by atoms with Crippen molar-refractivity contribution in [1.82, 2.24) is 19.2 Å². The standard InChI is InChI=1S/C22H26N4OS/c1-4-15-25-21(19-13-9-10-14-20(19)27-3)23-26(22(25)28)17-24(5-2)16-18-11-7-6-8-12-18/h4,6-14H,1,5,15-17H2,2-3H3. The second-order valence-electron chi connectivity index (χ2n) is 6.48. The van der Waals surface area contributed by atoms with Crippen LogP contribution in [-0.2, 0) is 19.8 Å². The fourth-order valence-electron chi connectivity index (χ4n) is 3.15. The quantitative estimate of drug-likeness (QED) is 0.387. The minimum absolute atomic E-state index is 0.594. The molecule has 0 spiro atoms. The summed E-state index contributed by atoms with van der Waals surface area (Å²) in [4.78, 5) is 2.31. The third kappa shape index (κ3) is 4.40. The van der Waals surface area contributed by atoms with Crippen LogP contribution < -0.4 is 4.74 Å². The average molecular weight is 395 g/mol. The van der Waals surface area contributed by atoms with Crippen molar-refractivity contribution in [3.63, 3.8) is 0 Å². The van der Waals surface area contributed by atoms with E-state index in [4.69, 9.17) is 22.1 Å². The zero-order chi connectivity index (χ0) is 19.9. The van der Waals surface area contributed by atoms with E-state index >= 15 is 0 Å². The molecular formula is C22H26N4OS. The monoisotopic (exact) mass is 394 g/mol. The van der Waals surface area contributed by atoms with Gasteiger partial charge in [0.25, 0.3) is 0 Å². The van der Waals surface area contributed by atoms with Crippen LogP contribution in [0.3, 0.4) is 0 Å². The molecule has 1 aromatic heterocycles. The van der Waals surface area contributed by atoms with Crippen LogP contribution >= 0.6 is 12.2 Å². The molecule has 0 aliphatic heterocycles. The number of allylic oxidation sites excluding steroid dienone is 1. The smallest absolute Gasteiger partial charge is 0.199 e. The molecular weight excluding hydrogens is 368 g/mol. The van der Waals surface area contributed by atoms with Gasteiger partial charge in [-0.1, -0.05) is 55.5 Å². The summed E-state index contributed by atoms with van der Waals surface area (Å²) in [6.07, 6.45) is 1.84. The number of nitrogens with zero attached hydrogens (tertiary/aromatic N) is 4. The average Bonchev–Trinajstić information content (AvgIpc) is 3.04. The van der Waals surface area contributed by atoms with E-state index in [1.807, 2.05) is 45.7 Å². The molecule has 0 radical (unpaired) electrons. The second-order valence-corrected chi connectivity index (χ2v) is 6.84. The Morgan fingerprint density at radius 1 is 1.14 bits per heavy atom. The Morgan fingerprint density at radius 2 is 1.86 bits per heavy atom. The molecule has 0 aliphatic carbocycles. The molecule has 3 aromatic rings. The number of para-hydroxylation sites is 1. The van der Waals surface area contributed by atoms with E-state index in [1.165, 1.54) is 5.56 Å². The summed E-state index contributed by atoms with van der Waals surface area (Å²) < 4.78 is 10.1. The Bertz CT molecular complexity index is 978. The minimum Gasteiger partial charge on any atom is -0.496 e. The van der Waals surface area contributed by atoms with Gasteiger partial charge >= 0.3 is 0 Å². The lowest BCUT2D eigenvalue weighted by Gasteiger charge is -2.20. The van der Waals surface area contributed by atoms with Gasteiger partial charge in [-0.05, 0) is 36.5 Å². The maximum absolute atomic E-state index is 5.74. The van der Waals surface area contributed by atoms with Crippen LogP contribution in [0.15, 0.2) is 67.3 Å².